The Labute approximate surface area is 286 Å². The third-order valence-corrected chi connectivity index (χ3v) is 9.59. The monoisotopic (exact) mass is 686 g/mol. The number of amides is 2. The van der Waals surface area contributed by atoms with E-state index in [1.165, 1.54) is 0 Å². The van der Waals surface area contributed by atoms with Crippen LogP contribution < -0.4 is 20.4 Å². The van der Waals surface area contributed by atoms with Crippen molar-refractivity contribution in [3.8, 4) is 0 Å². The average Bonchev–Trinajstić information content (AvgIpc) is 3.08. The Balaban J connectivity index is 0.973. The van der Waals surface area contributed by atoms with E-state index in [0.29, 0.717) is 10.0 Å². The van der Waals surface area contributed by atoms with Gasteiger partial charge in [0.15, 0.2) is 0 Å². The molecule has 10 heteroatoms. The second-order valence-corrected chi connectivity index (χ2v) is 12.9. The number of halogens is 4. The van der Waals surface area contributed by atoms with Crippen LogP contribution in [-0.4, -0.2) is 22.6 Å². The van der Waals surface area contributed by atoms with Gasteiger partial charge in [-0.25, -0.2) is 0 Å². The highest BCUT2D eigenvalue weighted by Gasteiger charge is 2.48. The van der Waals surface area contributed by atoms with E-state index < -0.39 is 10.8 Å². The fourth-order valence-corrected chi connectivity index (χ4v) is 6.80. The number of benzene rings is 5. The number of carbonyl (C=O) groups excluding carboxylic acids is 2. The van der Waals surface area contributed by atoms with Crippen LogP contribution in [0, 0.1) is 0 Å². The van der Waals surface area contributed by atoms with Crippen molar-refractivity contribution in [3.63, 3.8) is 0 Å². The molecule has 2 heterocycles. The van der Waals surface area contributed by atoms with Crippen molar-refractivity contribution >= 4 is 92.3 Å². The summed E-state index contributed by atoms with van der Waals surface area (Å²) in [4.78, 5) is 28.7. The summed E-state index contributed by atoms with van der Waals surface area (Å²) in [6, 6.07) is 37.6. The fraction of sp³-hybridized carbons (Fsp3) is 0.111. The van der Waals surface area contributed by atoms with E-state index in [2.05, 4.69) is 10.6 Å². The van der Waals surface area contributed by atoms with Gasteiger partial charge in [-0.3, -0.25) is 9.59 Å². The Morgan fingerprint density at radius 1 is 0.435 bits per heavy atom. The van der Waals surface area contributed by atoms with E-state index in [0.717, 1.165) is 45.3 Å². The van der Waals surface area contributed by atoms with Gasteiger partial charge in [0.25, 0.3) is 0 Å². The lowest BCUT2D eigenvalue weighted by Gasteiger charge is -2.44. The normalized spacial score (nSPS) is 20.6. The molecule has 0 spiro atoms. The van der Waals surface area contributed by atoms with E-state index >= 15 is 0 Å². The van der Waals surface area contributed by atoms with Gasteiger partial charge in [0, 0.05) is 44.2 Å². The van der Waals surface area contributed by atoms with Gasteiger partial charge in [-0.1, -0.05) is 47.5 Å². The maximum atomic E-state index is 12.6. The molecule has 5 aromatic carbocycles. The zero-order valence-electron chi connectivity index (χ0n) is 24.1. The Morgan fingerprint density at radius 2 is 0.717 bits per heavy atom. The van der Waals surface area contributed by atoms with E-state index in [1.54, 1.807) is 34.1 Å². The van der Waals surface area contributed by atoms with Crippen molar-refractivity contribution < 1.29 is 9.59 Å². The standard InChI is InChI=1S/C36H26Cl4N4O2/c37-23-5-1-21(2-6-23)33-31(39)35(45)43(33)29-17-13-27(14-18-29)41-25-9-11-26(12-10-25)42-28-15-19-30(20-16-28)44-34(32(40)36(44)46)22-3-7-24(38)8-4-22/h1-20,31-34,41-42H. The Kier molecular flexibility index (Phi) is 8.30. The van der Waals surface area contributed by atoms with Gasteiger partial charge in [0.05, 0.1) is 12.1 Å². The molecule has 46 heavy (non-hydrogen) atoms. The van der Waals surface area contributed by atoms with Gasteiger partial charge < -0.3 is 20.4 Å². The molecule has 230 valence electrons. The van der Waals surface area contributed by atoms with Gasteiger partial charge in [0.1, 0.15) is 10.8 Å². The van der Waals surface area contributed by atoms with Crippen LogP contribution in [0.1, 0.15) is 23.2 Å². The second kappa shape index (κ2) is 12.5. The first-order valence-corrected chi connectivity index (χ1v) is 16.2. The van der Waals surface area contributed by atoms with Crippen LogP contribution in [-0.2, 0) is 9.59 Å². The average molecular weight is 688 g/mol. The van der Waals surface area contributed by atoms with Crippen LogP contribution in [0.3, 0.4) is 0 Å². The first-order valence-electron chi connectivity index (χ1n) is 14.6. The number of alkyl halides is 2. The molecule has 2 amide bonds. The lowest BCUT2D eigenvalue weighted by atomic mass is 9.92. The quantitative estimate of drug-likeness (QED) is 0.126. The number of β-lactam (4-membered cyclic amide) rings is 2. The third kappa shape index (κ3) is 5.78. The highest BCUT2D eigenvalue weighted by atomic mass is 35.5. The van der Waals surface area contributed by atoms with Gasteiger partial charge in [-0.05, 0) is 108 Å². The maximum Gasteiger partial charge on any atom is 0.248 e. The molecule has 2 N–H and O–H groups in total. The van der Waals surface area contributed by atoms with Crippen LogP contribution in [0.5, 0.6) is 0 Å². The number of nitrogens with one attached hydrogen (secondary N) is 2. The highest BCUT2D eigenvalue weighted by Crippen LogP contribution is 2.44. The minimum Gasteiger partial charge on any atom is -0.356 e. The summed E-state index contributed by atoms with van der Waals surface area (Å²) in [6.07, 6.45) is 0. The molecular formula is C36H26Cl4N4O2. The van der Waals surface area contributed by atoms with Crippen LogP contribution in [0.2, 0.25) is 10.0 Å². The molecule has 2 saturated heterocycles. The highest BCUT2D eigenvalue weighted by molar-refractivity contribution is 6.38. The predicted octanol–water partition coefficient (Wildman–Crippen LogP) is 9.87. The Morgan fingerprint density at radius 3 is 1.02 bits per heavy atom. The van der Waals surface area contributed by atoms with Gasteiger partial charge in [-0.15, -0.1) is 23.2 Å². The summed E-state index contributed by atoms with van der Waals surface area (Å²) in [5.41, 5.74) is 7.02. The number of rotatable bonds is 8. The topological polar surface area (TPSA) is 64.7 Å². The van der Waals surface area contributed by atoms with Crippen molar-refractivity contribution in [1.29, 1.82) is 0 Å². The minimum atomic E-state index is -0.611. The van der Waals surface area contributed by atoms with E-state index in [4.69, 9.17) is 46.4 Å². The van der Waals surface area contributed by atoms with Crippen molar-refractivity contribution in [2.45, 2.75) is 22.8 Å². The number of carbonyl (C=O) groups is 2. The smallest absolute Gasteiger partial charge is 0.248 e. The molecule has 5 aromatic rings. The molecule has 2 fully saturated rings. The summed E-state index contributed by atoms with van der Waals surface area (Å²) >= 11 is 24.9. The molecule has 0 radical (unpaired) electrons. The van der Waals surface area contributed by atoms with Crippen LogP contribution in [0.15, 0.2) is 121 Å². The molecule has 6 nitrogen and oxygen atoms in total. The van der Waals surface area contributed by atoms with Crippen molar-refractivity contribution in [3.05, 3.63) is 142 Å². The first kappa shape index (κ1) is 30.5. The lowest BCUT2D eigenvalue weighted by Crippen LogP contribution is -2.56. The first-order chi connectivity index (χ1) is 22.3. The third-order valence-electron chi connectivity index (χ3n) is 8.23. The Hall–Kier alpha value is -4.20. The van der Waals surface area contributed by atoms with Gasteiger partial charge in [-0.2, -0.15) is 0 Å². The van der Waals surface area contributed by atoms with Gasteiger partial charge in [0.2, 0.25) is 11.8 Å². The summed E-state index contributed by atoms with van der Waals surface area (Å²) < 4.78 is 0. The predicted molar refractivity (Wildman–Crippen MR) is 189 cm³/mol. The van der Waals surface area contributed by atoms with Crippen molar-refractivity contribution in [2.24, 2.45) is 0 Å². The second-order valence-electron chi connectivity index (χ2n) is 11.1. The van der Waals surface area contributed by atoms with Crippen molar-refractivity contribution in [2.75, 3.05) is 20.4 Å². The summed E-state index contributed by atoms with van der Waals surface area (Å²) in [5.74, 6) is -0.250. The van der Waals surface area contributed by atoms with Crippen LogP contribution in [0.25, 0.3) is 0 Å². The molecule has 0 aromatic heterocycles. The number of anilines is 6. The lowest BCUT2D eigenvalue weighted by molar-refractivity contribution is -0.124. The Bertz CT molecular complexity index is 1740. The molecule has 4 unspecified atom stereocenters. The fourth-order valence-electron chi connectivity index (χ4n) is 5.82. The number of nitrogens with zero attached hydrogens (tertiary/aromatic N) is 2. The van der Waals surface area contributed by atoms with E-state index in [-0.39, 0.29) is 23.9 Å². The minimum absolute atomic E-state index is 0.125. The summed E-state index contributed by atoms with van der Waals surface area (Å²) in [5, 5.41) is 6.85. The molecule has 2 aliphatic rings. The zero-order chi connectivity index (χ0) is 31.9. The molecular weight excluding hydrogens is 662 g/mol. The largest absolute Gasteiger partial charge is 0.356 e. The van der Waals surface area contributed by atoms with E-state index in [1.807, 2.05) is 97.1 Å². The molecule has 0 aliphatic carbocycles. The maximum absolute atomic E-state index is 12.6. The van der Waals surface area contributed by atoms with Crippen molar-refractivity contribution in [1.82, 2.24) is 0 Å². The molecule has 7 rings (SSSR count). The number of hydrogen-bond donors (Lipinski definition) is 2. The molecule has 2 aliphatic heterocycles. The van der Waals surface area contributed by atoms with Crippen LogP contribution in [0.4, 0.5) is 34.1 Å². The number of hydrogen-bond acceptors (Lipinski definition) is 4. The molecule has 4 atom stereocenters. The summed E-state index contributed by atoms with van der Waals surface area (Å²) in [7, 11) is 0. The molecule has 0 saturated carbocycles. The van der Waals surface area contributed by atoms with Crippen LogP contribution >= 0.6 is 46.4 Å². The zero-order valence-corrected chi connectivity index (χ0v) is 27.1. The van der Waals surface area contributed by atoms with Gasteiger partial charge >= 0.3 is 0 Å². The van der Waals surface area contributed by atoms with E-state index in [9.17, 15) is 9.59 Å². The molecule has 0 bridgehead atoms. The SMILES string of the molecule is O=C1C(Cl)C(c2ccc(Cl)cc2)N1c1ccc(Nc2ccc(Nc3ccc(N4C(=O)C(Cl)C4c4ccc(Cl)cc4)cc3)cc2)cc1. The summed E-state index contributed by atoms with van der Waals surface area (Å²) in [6.45, 7) is 0.